The van der Waals surface area contributed by atoms with Crippen LogP contribution in [0, 0.1) is 18.6 Å². The Labute approximate surface area is 119 Å². The van der Waals surface area contributed by atoms with Crippen molar-refractivity contribution >= 4 is 15.9 Å². The van der Waals surface area contributed by atoms with E-state index >= 15 is 0 Å². The van der Waals surface area contributed by atoms with Gasteiger partial charge in [0.15, 0.2) is 0 Å². The molecular weight excluding hydrogens is 312 g/mol. The van der Waals surface area contributed by atoms with Crippen LogP contribution in [0.3, 0.4) is 0 Å². The van der Waals surface area contributed by atoms with Gasteiger partial charge >= 0.3 is 0 Å². The average molecular weight is 326 g/mol. The van der Waals surface area contributed by atoms with Crippen molar-refractivity contribution in [2.75, 3.05) is 0 Å². The monoisotopic (exact) mass is 325 g/mol. The van der Waals surface area contributed by atoms with E-state index < -0.39 is 17.7 Å². The van der Waals surface area contributed by atoms with Gasteiger partial charge in [0.2, 0.25) is 0 Å². The Hall–Kier alpha value is -1.26. The Balaban J connectivity index is 2.25. The molecule has 2 rings (SSSR count). The van der Waals surface area contributed by atoms with E-state index in [0.29, 0.717) is 0 Å². The highest BCUT2D eigenvalue weighted by Gasteiger charge is 2.14. The van der Waals surface area contributed by atoms with E-state index in [1.54, 1.807) is 0 Å². The molecule has 0 saturated heterocycles. The van der Waals surface area contributed by atoms with Gasteiger partial charge < -0.3 is 5.73 Å². The maximum absolute atomic E-state index is 13.6. The molecular formula is C15H14BrF2N. The molecule has 0 fully saturated rings. The SMILES string of the molecule is Cc1ccc(C(N)Cc2c(F)cccc2F)cc1Br. The summed E-state index contributed by atoms with van der Waals surface area (Å²) in [5.74, 6) is -1.11. The molecule has 0 aromatic heterocycles. The van der Waals surface area contributed by atoms with E-state index in [1.165, 1.54) is 18.2 Å². The van der Waals surface area contributed by atoms with Gasteiger partial charge in [-0.25, -0.2) is 8.78 Å². The molecule has 2 aromatic rings. The zero-order valence-corrected chi connectivity index (χ0v) is 12.0. The quantitative estimate of drug-likeness (QED) is 0.895. The highest BCUT2D eigenvalue weighted by molar-refractivity contribution is 9.10. The van der Waals surface area contributed by atoms with Crippen molar-refractivity contribution in [3.05, 3.63) is 69.2 Å². The van der Waals surface area contributed by atoms with Crippen LogP contribution < -0.4 is 5.73 Å². The van der Waals surface area contributed by atoms with Crippen LogP contribution in [0.4, 0.5) is 8.78 Å². The number of hydrogen-bond acceptors (Lipinski definition) is 1. The summed E-state index contributed by atoms with van der Waals surface area (Å²) in [7, 11) is 0. The molecule has 0 aliphatic heterocycles. The number of halogens is 3. The van der Waals surface area contributed by atoms with Gasteiger partial charge in [0, 0.05) is 16.1 Å². The number of rotatable bonds is 3. The molecule has 4 heteroatoms. The van der Waals surface area contributed by atoms with Crippen molar-refractivity contribution < 1.29 is 8.78 Å². The predicted molar refractivity (Wildman–Crippen MR) is 75.9 cm³/mol. The zero-order chi connectivity index (χ0) is 14.0. The zero-order valence-electron chi connectivity index (χ0n) is 10.5. The van der Waals surface area contributed by atoms with Crippen molar-refractivity contribution in [3.63, 3.8) is 0 Å². The van der Waals surface area contributed by atoms with Gasteiger partial charge in [-0.3, -0.25) is 0 Å². The third-order valence-electron chi connectivity index (χ3n) is 3.11. The van der Waals surface area contributed by atoms with E-state index in [0.717, 1.165) is 15.6 Å². The molecule has 2 aromatic carbocycles. The van der Waals surface area contributed by atoms with Crippen molar-refractivity contribution in [2.45, 2.75) is 19.4 Å². The average Bonchev–Trinajstić information content (AvgIpc) is 2.37. The summed E-state index contributed by atoms with van der Waals surface area (Å²) in [6.45, 7) is 1.97. The summed E-state index contributed by atoms with van der Waals surface area (Å²) >= 11 is 3.43. The van der Waals surface area contributed by atoms with Crippen LogP contribution in [0.25, 0.3) is 0 Å². The highest BCUT2D eigenvalue weighted by atomic mass is 79.9. The molecule has 0 bridgehead atoms. The normalized spacial score (nSPS) is 12.5. The van der Waals surface area contributed by atoms with Gasteiger partial charge in [-0.2, -0.15) is 0 Å². The van der Waals surface area contributed by atoms with E-state index in [-0.39, 0.29) is 12.0 Å². The molecule has 0 radical (unpaired) electrons. The standard InChI is InChI=1S/C15H14BrF2N/c1-9-5-6-10(7-12(9)16)15(19)8-11-13(17)3-2-4-14(11)18/h2-7,15H,8,19H2,1H3. The molecule has 19 heavy (non-hydrogen) atoms. The maximum Gasteiger partial charge on any atom is 0.129 e. The first-order valence-corrected chi connectivity index (χ1v) is 6.73. The van der Waals surface area contributed by atoms with Gasteiger partial charge in [0.05, 0.1) is 0 Å². The van der Waals surface area contributed by atoms with Crippen molar-refractivity contribution in [3.8, 4) is 0 Å². The van der Waals surface area contributed by atoms with Gasteiger partial charge in [-0.1, -0.05) is 34.1 Å². The second-order valence-electron chi connectivity index (χ2n) is 4.52. The van der Waals surface area contributed by atoms with Gasteiger partial charge in [-0.15, -0.1) is 0 Å². The summed E-state index contributed by atoms with van der Waals surface area (Å²) < 4.78 is 28.1. The summed E-state index contributed by atoms with van der Waals surface area (Å²) in [6, 6.07) is 9.09. The molecule has 1 nitrogen and oxygen atoms in total. The van der Waals surface area contributed by atoms with Crippen LogP contribution in [-0.2, 0) is 6.42 Å². The molecule has 0 amide bonds. The summed E-state index contributed by atoms with van der Waals surface area (Å²) in [4.78, 5) is 0. The summed E-state index contributed by atoms with van der Waals surface area (Å²) in [5.41, 5.74) is 8.00. The number of aryl methyl sites for hydroxylation is 1. The lowest BCUT2D eigenvalue weighted by Gasteiger charge is -2.14. The number of hydrogen-bond donors (Lipinski definition) is 1. The molecule has 1 unspecified atom stereocenters. The third kappa shape index (κ3) is 3.19. The fraction of sp³-hybridized carbons (Fsp3) is 0.200. The third-order valence-corrected chi connectivity index (χ3v) is 3.96. The van der Waals surface area contributed by atoms with Crippen LogP contribution in [0.1, 0.15) is 22.7 Å². The molecule has 0 aliphatic rings. The Morgan fingerprint density at radius 1 is 1.16 bits per heavy atom. The topological polar surface area (TPSA) is 26.0 Å². The Morgan fingerprint density at radius 2 is 1.79 bits per heavy atom. The number of nitrogens with two attached hydrogens (primary N) is 1. The van der Waals surface area contributed by atoms with E-state index in [2.05, 4.69) is 15.9 Å². The lowest BCUT2D eigenvalue weighted by atomic mass is 9.98. The smallest absolute Gasteiger partial charge is 0.129 e. The summed E-state index contributed by atoms with van der Waals surface area (Å²) in [6.07, 6.45) is 0.133. The first-order valence-electron chi connectivity index (χ1n) is 5.93. The minimum Gasteiger partial charge on any atom is -0.324 e. The van der Waals surface area contributed by atoms with E-state index in [4.69, 9.17) is 5.73 Å². The largest absolute Gasteiger partial charge is 0.324 e. The molecule has 2 N–H and O–H groups in total. The molecule has 0 heterocycles. The predicted octanol–water partition coefficient (Wildman–Crippen LogP) is 4.28. The fourth-order valence-electron chi connectivity index (χ4n) is 1.90. The second-order valence-corrected chi connectivity index (χ2v) is 5.37. The molecule has 1 atom stereocenters. The minimum absolute atomic E-state index is 0.0340. The lowest BCUT2D eigenvalue weighted by Crippen LogP contribution is -2.15. The van der Waals surface area contributed by atoms with Gasteiger partial charge in [0.1, 0.15) is 11.6 Å². The van der Waals surface area contributed by atoms with Crippen molar-refractivity contribution in [1.82, 2.24) is 0 Å². The Kier molecular flexibility index (Phi) is 4.32. The fourth-order valence-corrected chi connectivity index (χ4v) is 2.30. The van der Waals surface area contributed by atoms with Crippen molar-refractivity contribution in [1.29, 1.82) is 0 Å². The van der Waals surface area contributed by atoms with Gasteiger partial charge in [-0.05, 0) is 42.7 Å². The van der Waals surface area contributed by atoms with Crippen LogP contribution in [0.5, 0.6) is 0 Å². The first kappa shape index (κ1) is 14.2. The molecule has 0 aliphatic carbocycles. The van der Waals surface area contributed by atoms with Crippen LogP contribution >= 0.6 is 15.9 Å². The van der Waals surface area contributed by atoms with Crippen LogP contribution in [0.15, 0.2) is 40.9 Å². The molecule has 0 spiro atoms. The Morgan fingerprint density at radius 3 is 2.37 bits per heavy atom. The lowest BCUT2D eigenvalue weighted by molar-refractivity contribution is 0.540. The molecule has 0 saturated carbocycles. The van der Waals surface area contributed by atoms with E-state index in [9.17, 15) is 8.78 Å². The van der Waals surface area contributed by atoms with Crippen molar-refractivity contribution in [2.24, 2.45) is 5.73 Å². The molecule has 100 valence electrons. The maximum atomic E-state index is 13.6. The van der Waals surface area contributed by atoms with E-state index in [1.807, 2.05) is 25.1 Å². The first-order chi connectivity index (χ1) is 8.99. The summed E-state index contributed by atoms with van der Waals surface area (Å²) in [5, 5.41) is 0. The second kappa shape index (κ2) is 5.80. The van der Waals surface area contributed by atoms with Crippen LogP contribution in [-0.4, -0.2) is 0 Å². The highest BCUT2D eigenvalue weighted by Crippen LogP contribution is 2.24. The Bertz CT molecular complexity index is 578. The number of benzene rings is 2. The van der Waals surface area contributed by atoms with Crippen LogP contribution in [0.2, 0.25) is 0 Å². The minimum atomic E-state index is -0.554. The van der Waals surface area contributed by atoms with Gasteiger partial charge in [0.25, 0.3) is 0 Å².